The lowest BCUT2D eigenvalue weighted by Gasteiger charge is -2.11. The van der Waals surface area contributed by atoms with E-state index >= 15 is 0 Å². The Hall–Kier alpha value is -3.52. The average Bonchev–Trinajstić information content (AvgIpc) is 3.17. The molecule has 4 aromatic rings. The van der Waals surface area contributed by atoms with Gasteiger partial charge in [0.25, 0.3) is 0 Å². The Morgan fingerprint density at radius 1 is 1.07 bits per heavy atom. The zero-order valence-corrected chi connectivity index (χ0v) is 16.9. The molecule has 0 saturated heterocycles. The molecule has 0 unspecified atom stereocenters. The number of benzene rings is 2. The summed E-state index contributed by atoms with van der Waals surface area (Å²) >= 11 is 1.22. The van der Waals surface area contributed by atoms with Crippen molar-refractivity contribution < 1.29 is 9.18 Å². The van der Waals surface area contributed by atoms with Gasteiger partial charge >= 0.3 is 0 Å². The number of aromatic nitrogens is 4. The first-order valence-corrected chi connectivity index (χ1v) is 10.2. The van der Waals surface area contributed by atoms with Crippen LogP contribution in [0.1, 0.15) is 5.56 Å². The number of aryl methyl sites for hydroxylation is 1. The van der Waals surface area contributed by atoms with Gasteiger partial charge in [-0.25, -0.2) is 9.37 Å². The molecule has 0 spiro atoms. The third-order valence-corrected chi connectivity index (χ3v) is 5.21. The molecule has 0 bridgehead atoms. The molecule has 0 aliphatic carbocycles. The topological polar surface area (TPSA) is 72.7 Å². The maximum atomic E-state index is 14.4. The molecule has 4 rings (SSSR count). The van der Waals surface area contributed by atoms with Crippen LogP contribution >= 0.6 is 11.8 Å². The molecule has 2 aromatic heterocycles. The van der Waals surface area contributed by atoms with E-state index in [9.17, 15) is 9.18 Å². The summed E-state index contributed by atoms with van der Waals surface area (Å²) < 4.78 is 16.2. The van der Waals surface area contributed by atoms with Crippen molar-refractivity contribution in [2.24, 2.45) is 0 Å². The number of hydrogen-bond acceptors (Lipinski definition) is 5. The van der Waals surface area contributed by atoms with E-state index in [0.717, 1.165) is 11.3 Å². The third-order valence-electron chi connectivity index (χ3n) is 4.28. The van der Waals surface area contributed by atoms with Crippen LogP contribution in [0.25, 0.3) is 17.1 Å². The predicted octanol–water partition coefficient (Wildman–Crippen LogP) is 4.51. The fourth-order valence-corrected chi connectivity index (χ4v) is 3.66. The molecular formula is C22H18FN5OS. The molecule has 30 heavy (non-hydrogen) atoms. The van der Waals surface area contributed by atoms with Gasteiger partial charge in [0.05, 0.1) is 11.3 Å². The second-order valence-corrected chi connectivity index (χ2v) is 7.45. The van der Waals surface area contributed by atoms with Gasteiger partial charge in [0.1, 0.15) is 11.6 Å². The molecule has 0 fully saturated rings. The Morgan fingerprint density at radius 2 is 1.83 bits per heavy atom. The maximum absolute atomic E-state index is 14.4. The quantitative estimate of drug-likeness (QED) is 0.466. The molecule has 2 heterocycles. The predicted molar refractivity (Wildman–Crippen MR) is 115 cm³/mol. The van der Waals surface area contributed by atoms with Crippen molar-refractivity contribution in [2.75, 3.05) is 11.1 Å². The Bertz CT molecular complexity index is 1180. The van der Waals surface area contributed by atoms with Crippen LogP contribution in [0, 0.1) is 12.7 Å². The lowest BCUT2D eigenvalue weighted by molar-refractivity contribution is -0.113. The molecule has 6 nitrogen and oxygen atoms in total. The van der Waals surface area contributed by atoms with E-state index in [1.165, 1.54) is 17.8 Å². The van der Waals surface area contributed by atoms with Crippen molar-refractivity contribution >= 4 is 23.5 Å². The van der Waals surface area contributed by atoms with Gasteiger partial charge in [-0.3, -0.25) is 9.36 Å². The van der Waals surface area contributed by atoms with Gasteiger partial charge in [0.2, 0.25) is 5.91 Å². The monoisotopic (exact) mass is 419 g/mol. The number of nitrogens with one attached hydrogen (secondary N) is 1. The van der Waals surface area contributed by atoms with Crippen molar-refractivity contribution in [2.45, 2.75) is 12.1 Å². The van der Waals surface area contributed by atoms with Crippen LogP contribution < -0.4 is 5.32 Å². The number of halogens is 1. The van der Waals surface area contributed by atoms with Crippen LogP contribution in [0.15, 0.2) is 78.1 Å². The summed E-state index contributed by atoms with van der Waals surface area (Å²) in [4.78, 5) is 16.5. The Kier molecular flexibility index (Phi) is 5.85. The maximum Gasteiger partial charge on any atom is 0.236 e. The third kappa shape index (κ3) is 4.38. The summed E-state index contributed by atoms with van der Waals surface area (Å²) in [5, 5.41) is 11.7. The fourth-order valence-electron chi connectivity index (χ4n) is 2.90. The molecule has 1 N–H and O–H groups in total. The molecule has 0 radical (unpaired) electrons. The summed E-state index contributed by atoms with van der Waals surface area (Å²) in [6.07, 6.45) is 1.64. The van der Waals surface area contributed by atoms with Gasteiger partial charge in [-0.1, -0.05) is 42.1 Å². The smallest absolute Gasteiger partial charge is 0.236 e. The number of nitrogens with zero attached hydrogens (tertiary/aromatic N) is 4. The van der Waals surface area contributed by atoms with Crippen LogP contribution in [0.3, 0.4) is 0 Å². The minimum absolute atomic E-state index is 0.109. The van der Waals surface area contributed by atoms with Crippen molar-refractivity contribution in [3.05, 3.63) is 84.3 Å². The van der Waals surface area contributed by atoms with Crippen LogP contribution in [0.2, 0.25) is 0 Å². The van der Waals surface area contributed by atoms with E-state index in [1.807, 2.05) is 43.3 Å². The number of hydrogen-bond donors (Lipinski definition) is 1. The van der Waals surface area contributed by atoms with Gasteiger partial charge < -0.3 is 5.32 Å². The molecule has 0 saturated carbocycles. The Labute approximate surface area is 177 Å². The first-order chi connectivity index (χ1) is 14.6. The zero-order chi connectivity index (χ0) is 20.9. The van der Waals surface area contributed by atoms with Crippen LogP contribution in [0.4, 0.5) is 10.2 Å². The van der Waals surface area contributed by atoms with E-state index in [4.69, 9.17) is 0 Å². The van der Waals surface area contributed by atoms with Gasteiger partial charge in [-0.05, 0) is 48.9 Å². The summed E-state index contributed by atoms with van der Waals surface area (Å²) in [6.45, 7) is 1.93. The Morgan fingerprint density at radius 3 is 2.60 bits per heavy atom. The lowest BCUT2D eigenvalue weighted by atomic mass is 10.2. The zero-order valence-electron chi connectivity index (χ0n) is 16.1. The van der Waals surface area contributed by atoms with Crippen molar-refractivity contribution in [3.8, 4) is 17.1 Å². The summed E-state index contributed by atoms with van der Waals surface area (Å²) in [7, 11) is 0. The van der Waals surface area contributed by atoms with Gasteiger partial charge in [-0.2, -0.15) is 0 Å². The number of thioether (sulfide) groups is 1. The number of amides is 1. The Balaban J connectivity index is 1.60. The summed E-state index contributed by atoms with van der Waals surface area (Å²) in [6, 6.07) is 19.5. The van der Waals surface area contributed by atoms with E-state index in [1.54, 1.807) is 35.0 Å². The molecule has 0 atom stereocenters. The standard InChI is InChI=1S/C22H18FN5OS/c1-15-11-12-24-19(13-15)25-20(29)14-30-22-27-26-21(17-9-5-6-10-18(17)23)28(22)16-7-3-2-4-8-16/h2-13H,14H2,1H3,(H,24,25,29). The minimum atomic E-state index is -0.387. The number of carbonyl (C=O) groups is 1. The van der Waals surface area contributed by atoms with Crippen molar-refractivity contribution in [3.63, 3.8) is 0 Å². The second kappa shape index (κ2) is 8.87. The average molecular weight is 419 g/mol. The summed E-state index contributed by atoms with van der Waals surface area (Å²) in [5.41, 5.74) is 2.13. The molecule has 0 aliphatic heterocycles. The lowest BCUT2D eigenvalue weighted by Crippen LogP contribution is -2.15. The van der Waals surface area contributed by atoms with E-state index in [0.29, 0.717) is 22.4 Å². The fraction of sp³-hybridized carbons (Fsp3) is 0.0909. The highest BCUT2D eigenvalue weighted by atomic mass is 32.2. The second-order valence-electron chi connectivity index (χ2n) is 6.51. The molecule has 150 valence electrons. The molecule has 0 aliphatic rings. The first kappa shape index (κ1) is 19.8. The number of pyridine rings is 1. The van der Waals surface area contributed by atoms with E-state index < -0.39 is 0 Å². The van der Waals surface area contributed by atoms with E-state index in [-0.39, 0.29) is 17.5 Å². The summed E-state index contributed by atoms with van der Waals surface area (Å²) in [5.74, 6) is 0.382. The first-order valence-electron chi connectivity index (χ1n) is 9.23. The van der Waals surface area contributed by atoms with Crippen molar-refractivity contribution in [1.29, 1.82) is 0 Å². The minimum Gasteiger partial charge on any atom is -0.310 e. The van der Waals surface area contributed by atoms with E-state index in [2.05, 4.69) is 20.5 Å². The highest BCUT2D eigenvalue weighted by molar-refractivity contribution is 7.99. The highest BCUT2D eigenvalue weighted by Gasteiger charge is 2.19. The van der Waals surface area contributed by atoms with Crippen LogP contribution in [-0.2, 0) is 4.79 Å². The largest absolute Gasteiger partial charge is 0.310 e. The highest BCUT2D eigenvalue weighted by Crippen LogP contribution is 2.29. The normalized spacial score (nSPS) is 10.7. The van der Waals surface area contributed by atoms with Gasteiger partial charge in [0, 0.05) is 11.9 Å². The molecule has 1 amide bonds. The van der Waals surface area contributed by atoms with Crippen LogP contribution in [0.5, 0.6) is 0 Å². The number of anilines is 1. The van der Waals surface area contributed by atoms with Gasteiger partial charge in [0.15, 0.2) is 11.0 Å². The number of carbonyl (C=O) groups excluding carboxylic acids is 1. The molecule has 2 aromatic carbocycles. The number of para-hydroxylation sites is 1. The van der Waals surface area contributed by atoms with Crippen LogP contribution in [-0.4, -0.2) is 31.4 Å². The molecular weight excluding hydrogens is 401 g/mol. The molecule has 8 heteroatoms. The number of rotatable bonds is 6. The van der Waals surface area contributed by atoms with Crippen molar-refractivity contribution in [1.82, 2.24) is 19.7 Å². The van der Waals surface area contributed by atoms with Gasteiger partial charge in [-0.15, -0.1) is 10.2 Å². The SMILES string of the molecule is Cc1ccnc(NC(=O)CSc2nnc(-c3ccccc3F)n2-c2ccccc2)c1.